The van der Waals surface area contributed by atoms with Gasteiger partial charge in [-0.15, -0.1) is 0 Å². The number of carbonyl (C=O) groups is 2. The van der Waals surface area contributed by atoms with Gasteiger partial charge in [-0.2, -0.15) is 0 Å². The Balaban J connectivity index is 1.24. The fourth-order valence-corrected chi connectivity index (χ4v) is 5.71. The molecule has 166 valence electrons. The lowest BCUT2D eigenvalue weighted by Gasteiger charge is -2.42. The number of ether oxygens (including phenoxy) is 1. The summed E-state index contributed by atoms with van der Waals surface area (Å²) < 4.78 is 5.79. The molecule has 2 aliphatic heterocycles. The summed E-state index contributed by atoms with van der Waals surface area (Å²) in [7, 11) is 0. The molecule has 1 aromatic rings. The van der Waals surface area contributed by atoms with E-state index in [-0.39, 0.29) is 52.7 Å². The molecule has 3 unspecified atom stereocenters. The Labute approximate surface area is 183 Å². The molecule has 5 atom stereocenters. The van der Waals surface area contributed by atoms with Gasteiger partial charge >= 0.3 is 0 Å². The van der Waals surface area contributed by atoms with Crippen LogP contribution < -0.4 is 10.6 Å². The highest BCUT2D eigenvalue weighted by Gasteiger charge is 2.60. The molecule has 5 rings (SSSR count). The predicted octanol–water partition coefficient (Wildman–Crippen LogP) is 2.37. The van der Waals surface area contributed by atoms with E-state index in [2.05, 4.69) is 29.7 Å². The summed E-state index contributed by atoms with van der Waals surface area (Å²) in [4.78, 5) is 27.5. The van der Waals surface area contributed by atoms with Gasteiger partial charge in [-0.05, 0) is 35.8 Å². The molecule has 2 amide bonds. The molecule has 4 aliphatic rings. The summed E-state index contributed by atoms with van der Waals surface area (Å²) in [5, 5.41) is 14.9. The van der Waals surface area contributed by atoms with Crippen molar-refractivity contribution in [1.82, 2.24) is 15.5 Å². The van der Waals surface area contributed by atoms with Crippen LogP contribution in [0.5, 0.6) is 0 Å². The molecule has 2 aliphatic carbocycles. The van der Waals surface area contributed by atoms with E-state index in [0.29, 0.717) is 19.6 Å². The number of guanidine groups is 1. The van der Waals surface area contributed by atoms with Crippen molar-refractivity contribution < 1.29 is 14.3 Å². The monoisotopic (exact) mass is 424 g/mol. The molecule has 2 heterocycles. The lowest BCUT2D eigenvalue weighted by Crippen LogP contribution is -2.62. The van der Waals surface area contributed by atoms with Crippen LogP contribution >= 0.6 is 0 Å². The number of amides is 2. The maximum Gasteiger partial charge on any atom is 0.231 e. The summed E-state index contributed by atoms with van der Waals surface area (Å²) >= 11 is 0. The molecule has 1 aromatic carbocycles. The molecule has 3 N–H and O–H groups in total. The van der Waals surface area contributed by atoms with E-state index in [1.165, 1.54) is 10.5 Å². The molecule has 1 saturated carbocycles. The van der Waals surface area contributed by atoms with Crippen LogP contribution in [0.2, 0.25) is 0 Å². The van der Waals surface area contributed by atoms with Gasteiger partial charge in [0.15, 0.2) is 5.96 Å². The Bertz CT molecular complexity index is 917. The largest absolute Gasteiger partial charge is 0.367 e. The van der Waals surface area contributed by atoms with Crippen LogP contribution in [0.15, 0.2) is 24.3 Å². The minimum Gasteiger partial charge on any atom is -0.367 e. The molecule has 31 heavy (non-hydrogen) atoms. The first kappa shape index (κ1) is 20.5. The smallest absolute Gasteiger partial charge is 0.231 e. The highest BCUT2D eigenvalue weighted by atomic mass is 16.6. The van der Waals surface area contributed by atoms with Gasteiger partial charge in [0.05, 0.1) is 19.1 Å². The lowest BCUT2D eigenvalue weighted by molar-refractivity contribution is -0.131. The highest BCUT2D eigenvalue weighted by Crippen LogP contribution is 2.52. The fourth-order valence-electron chi connectivity index (χ4n) is 5.71. The summed E-state index contributed by atoms with van der Waals surface area (Å²) in [6.45, 7) is 7.27. The zero-order valence-corrected chi connectivity index (χ0v) is 18.5. The first-order valence-electron chi connectivity index (χ1n) is 11.5. The number of fused-ring (bicyclic) bond motifs is 1. The first-order valence-corrected chi connectivity index (χ1v) is 11.5. The minimum absolute atomic E-state index is 0.0132. The van der Waals surface area contributed by atoms with Gasteiger partial charge in [0.1, 0.15) is 5.60 Å². The number of nitrogens with zero attached hydrogens (tertiary/aromatic N) is 1. The van der Waals surface area contributed by atoms with Crippen LogP contribution in [0.1, 0.15) is 57.2 Å². The van der Waals surface area contributed by atoms with Crippen LogP contribution in [0.25, 0.3) is 0 Å². The van der Waals surface area contributed by atoms with Gasteiger partial charge in [-0.25, -0.2) is 0 Å². The third-order valence-electron chi connectivity index (χ3n) is 8.24. The van der Waals surface area contributed by atoms with E-state index in [9.17, 15) is 9.59 Å². The topological polar surface area (TPSA) is 97.8 Å². The van der Waals surface area contributed by atoms with Crippen molar-refractivity contribution in [3.05, 3.63) is 35.4 Å². The van der Waals surface area contributed by atoms with Crippen molar-refractivity contribution in [3.63, 3.8) is 0 Å². The van der Waals surface area contributed by atoms with E-state index in [0.717, 1.165) is 24.8 Å². The zero-order valence-electron chi connectivity index (χ0n) is 18.5. The average Bonchev–Trinajstić information content (AvgIpc) is 3.63. The van der Waals surface area contributed by atoms with Crippen molar-refractivity contribution in [2.75, 3.05) is 13.2 Å². The molecule has 0 aromatic heterocycles. The number of carbonyl (C=O) groups excluding carboxylic acids is 2. The quantitative estimate of drug-likeness (QED) is 0.611. The molecule has 7 nitrogen and oxygen atoms in total. The highest BCUT2D eigenvalue weighted by molar-refractivity contribution is 5.99. The van der Waals surface area contributed by atoms with E-state index < -0.39 is 0 Å². The Morgan fingerprint density at radius 1 is 1.29 bits per heavy atom. The van der Waals surface area contributed by atoms with Crippen molar-refractivity contribution in [2.45, 2.75) is 63.6 Å². The minimum atomic E-state index is -0.314. The molecule has 0 bridgehead atoms. The molecular weight excluding hydrogens is 392 g/mol. The van der Waals surface area contributed by atoms with Crippen molar-refractivity contribution in [1.29, 1.82) is 5.41 Å². The van der Waals surface area contributed by atoms with Gasteiger partial charge in [0.25, 0.3) is 0 Å². The summed E-state index contributed by atoms with van der Waals surface area (Å²) in [6, 6.07) is 8.13. The Kier molecular flexibility index (Phi) is 4.66. The van der Waals surface area contributed by atoms with Gasteiger partial charge in [0, 0.05) is 24.4 Å². The Morgan fingerprint density at radius 2 is 2.00 bits per heavy atom. The van der Waals surface area contributed by atoms with Crippen LogP contribution in [0, 0.1) is 23.2 Å². The summed E-state index contributed by atoms with van der Waals surface area (Å²) in [6.07, 6.45) is 2.87. The van der Waals surface area contributed by atoms with Crippen LogP contribution in [0.4, 0.5) is 0 Å². The second kappa shape index (κ2) is 7.05. The maximum absolute atomic E-state index is 13.2. The van der Waals surface area contributed by atoms with E-state index in [1.54, 1.807) is 0 Å². The summed E-state index contributed by atoms with van der Waals surface area (Å²) in [5.74, 6) is 0.337. The third kappa shape index (κ3) is 3.25. The number of hydrogen-bond acceptors (Lipinski definition) is 4. The molecule has 7 heteroatoms. The summed E-state index contributed by atoms with van der Waals surface area (Å²) in [5.41, 5.74) is 1.82. The third-order valence-corrected chi connectivity index (χ3v) is 8.24. The molecule has 2 saturated heterocycles. The van der Waals surface area contributed by atoms with E-state index in [4.69, 9.17) is 10.1 Å². The normalized spacial score (nSPS) is 35.0. The number of epoxide rings is 1. The lowest BCUT2D eigenvalue weighted by atomic mass is 9.87. The van der Waals surface area contributed by atoms with Crippen LogP contribution in [-0.4, -0.2) is 47.0 Å². The first-order chi connectivity index (χ1) is 14.8. The van der Waals surface area contributed by atoms with E-state index in [1.807, 2.05) is 26.0 Å². The number of rotatable bonds is 6. The second-order valence-corrected chi connectivity index (χ2v) is 9.86. The zero-order chi connectivity index (χ0) is 22.0. The van der Waals surface area contributed by atoms with E-state index >= 15 is 0 Å². The van der Waals surface area contributed by atoms with Gasteiger partial charge in [0.2, 0.25) is 11.8 Å². The van der Waals surface area contributed by atoms with Crippen molar-refractivity contribution in [3.8, 4) is 0 Å². The molecular formula is C24H32N4O3. The van der Waals surface area contributed by atoms with Crippen LogP contribution in [0.3, 0.4) is 0 Å². The van der Waals surface area contributed by atoms with Crippen molar-refractivity contribution in [2.24, 2.45) is 17.8 Å². The van der Waals surface area contributed by atoms with Crippen LogP contribution in [-0.2, 0) is 20.7 Å². The Morgan fingerprint density at radius 3 is 2.65 bits per heavy atom. The predicted molar refractivity (Wildman–Crippen MR) is 116 cm³/mol. The number of nitrogens with one attached hydrogen (secondary N) is 3. The maximum atomic E-state index is 13.2. The second-order valence-electron chi connectivity index (χ2n) is 9.86. The van der Waals surface area contributed by atoms with Gasteiger partial charge in [-0.1, -0.05) is 45.0 Å². The van der Waals surface area contributed by atoms with Crippen molar-refractivity contribution >= 4 is 17.8 Å². The average molecular weight is 425 g/mol. The van der Waals surface area contributed by atoms with Gasteiger partial charge in [-0.3, -0.25) is 19.9 Å². The molecule has 0 radical (unpaired) electrons. The SMILES string of the molecule is CCC1(CC)CC(=O)N(CC2C(C)C2C(=O)N[C@@H]2c3ccccc3C[C@@]23CO3)C(=N)N1. The number of benzene rings is 1. The fraction of sp³-hybridized carbons (Fsp3) is 0.625. The Hall–Kier alpha value is -2.41. The number of hydrogen-bond donors (Lipinski definition) is 3. The molecule has 1 spiro atoms. The standard InChI is InChI=1S/C24H32N4O3/c1-4-23(5-2)11-18(29)28(22(25)27-23)12-17-14(3)19(17)21(30)26-20-16-9-7-6-8-15(16)10-24(20)13-31-24/h6-9,14,17,19-20H,4-5,10-13H2,1-3H3,(H2,25,27)(H,26,30)/t14?,17?,19?,20-,24-/m1/s1. The van der Waals surface area contributed by atoms with Gasteiger partial charge < -0.3 is 15.4 Å². The molecule has 3 fully saturated rings.